The van der Waals surface area contributed by atoms with E-state index < -0.39 is 0 Å². The number of nitrogens with one attached hydrogen (secondary N) is 1. The average Bonchev–Trinajstić information content (AvgIpc) is 3.20. The minimum absolute atomic E-state index is 0.0404. The molecule has 0 aliphatic rings. The van der Waals surface area contributed by atoms with Crippen molar-refractivity contribution in [2.24, 2.45) is 0 Å². The van der Waals surface area contributed by atoms with Gasteiger partial charge in [-0.05, 0) is 72.5 Å². The van der Waals surface area contributed by atoms with Crippen LogP contribution in [0.4, 0.5) is 5.69 Å². The Bertz CT molecular complexity index is 1470. The summed E-state index contributed by atoms with van der Waals surface area (Å²) in [6.07, 6.45) is 0.824. The Labute approximate surface area is 222 Å². The van der Waals surface area contributed by atoms with Crippen molar-refractivity contribution in [3.63, 3.8) is 0 Å². The summed E-state index contributed by atoms with van der Waals surface area (Å²) >= 11 is 6.49. The summed E-state index contributed by atoms with van der Waals surface area (Å²) in [6, 6.07) is 34.8. The highest BCUT2D eigenvalue weighted by atomic mass is 35.5. The standard InChI is InChI=1S/C32H29ClN2O2/c1-22-28(19-20-34-27-16-13-25(14-17-27)32(36)37-2)29-21-26(33)15-18-30(29)35(22)31(23-9-5-3-6-10-23)24-11-7-4-8-12-24/h3-18,21,31,34H,19-20H2,1-2H3. The molecule has 0 fully saturated rings. The van der Waals surface area contributed by atoms with Crippen molar-refractivity contribution < 1.29 is 9.53 Å². The van der Waals surface area contributed by atoms with Gasteiger partial charge in [-0.15, -0.1) is 0 Å². The third kappa shape index (κ3) is 5.11. The van der Waals surface area contributed by atoms with Gasteiger partial charge in [0.15, 0.2) is 0 Å². The van der Waals surface area contributed by atoms with Gasteiger partial charge in [-0.25, -0.2) is 4.79 Å². The second-order valence-corrected chi connectivity index (χ2v) is 9.50. The predicted molar refractivity (Wildman–Crippen MR) is 152 cm³/mol. The lowest BCUT2D eigenvalue weighted by Gasteiger charge is -2.23. The van der Waals surface area contributed by atoms with Crippen LogP contribution in [-0.2, 0) is 11.2 Å². The lowest BCUT2D eigenvalue weighted by molar-refractivity contribution is 0.0601. The summed E-state index contributed by atoms with van der Waals surface area (Å²) in [5.74, 6) is -0.335. The number of hydrogen-bond donors (Lipinski definition) is 1. The molecule has 5 rings (SSSR count). The Morgan fingerprint density at radius 3 is 2.11 bits per heavy atom. The molecule has 5 aromatic rings. The maximum Gasteiger partial charge on any atom is 0.337 e. The lowest BCUT2D eigenvalue weighted by Crippen LogP contribution is -2.14. The molecule has 4 aromatic carbocycles. The molecule has 0 spiro atoms. The molecule has 186 valence electrons. The number of methoxy groups -OCH3 is 1. The molecule has 1 aromatic heterocycles. The van der Waals surface area contributed by atoms with Crippen molar-refractivity contribution >= 4 is 34.2 Å². The Hall–Kier alpha value is -4.02. The molecule has 37 heavy (non-hydrogen) atoms. The van der Waals surface area contributed by atoms with Crippen LogP contribution < -0.4 is 5.32 Å². The van der Waals surface area contributed by atoms with Crippen molar-refractivity contribution in [3.8, 4) is 0 Å². The zero-order valence-corrected chi connectivity index (χ0v) is 21.7. The van der Waals surface area contributed by atoms with Crippen LogP contribution in [0.15, 0.2) is 103 Å². The van der Waals surface area contributed by atoms with E-state index in [9.17, 15) is 4.79 Å². The molecule has 0 atom stereocenters. The van der Waals surface area contributed by atoms with Crippen LogP contribution in [0.3, 0.4) is 0 Å². The number of hydrogen-bond acceptors (Lipinski definition) is 3. The molecular formula is C32H29ClN2O2. The van der Waals surface area contributed by atoms with E-state index in [4.69, 9.17) is 16.3 Å². The monoisotopic (exact) mass is 508 g/mol. The van der Waals surface area contributed by atoms with Crippen molar-refractivity contribution in [2.45, 2.75) is 19.4 Å². The van der Waals surface area contributed by atoms with Crippen LogP contribution in [0.2, 0.25) is 5.02 Å². The summed E-state index contributed by atoms with van der Waals surface area (Å²) < 4.78 is 7.23. The van der Waals surface area contributed by atoms with E-state index >= 15 is 0 Å². The summed E-state index contributed by atoms with van der Waals surface area (Å²) in [6.45, 7) is 2.94. The first kappa shape index (κ1) is 24.7. The number of carbonyl (C=O) groups is 1. The Morgan fingerprint density at radius 2 is 1.51 bits per heavy atom. The number of nitrogens with zero attached hydrogens (tertiary/aromatic N) is 1. The molecule has 1 N–H and O–H groups in total. The van der Waals surface area contributed by atoms with Crippen LogP contribution in [0.1, 0.15) is 38.8 Å². The molecule has 1 heterocycles. The highest BCUT2D eigenvalue weighted by Gasteiger charge is 2.23. The fraction of sp³-hybridized carbons (Fsp3) is 0.156. The van der Waals surface area contributed by atoms with Gasteiger partial charge in [0.05, 0.1) is 18.7 Å². The van der Waals surface area contributed by atoms with Crippen LogP contribution in [-0.4, -0.2) is 24.2 Å². The molecule has 0 radical (unpaired) electrons. The van der Waals surface area contributed by atoms with E-state index in [0.717, 1.165) is 29.2 Å². The number of aromatic nitrogens is 1. The normalized spacial score (nSPS) is 11.1. The number of carbonyl (C=O) groups excluding carboxylic acids is 1. The minimum Gasteiger partial charge on any atom is -0.465 e. The molecule has 0 saturated heterocycles. The second-order valence-electron chi connectivity index (χ2n) is 9.07. The third-order valence-corrected chi connectivity index (χ3v) is 7.08. The molecule has 4 nitrogen and oxygen atoms in total. The van der Waals surface area contributed by atoms with Gasteiger partial charge in [0.25, 0.3) is 0 Å². The van der Waals surface area contributed by atoms with E-state index in [1.54, 1.807) is 12.1 Å². The summed E-state index contributed by atoms with van der Waals surface area (Å²) in [7, 11) is 1.39. The van der Waals surface area contributed by atoms with Crippen molar-refractivity contribution in [1.82, 2.24) is 4.57 Å². The molecular weight excluding hydrogens is 480 g/mol. The number of benzene rings is 4. The average molecular weight is 509 g/mol. The topological polar surface area (TPSA) is 43.3 Å². The van der Waals surface area contributed by atoms with E-state index in [1.807, 2.05) is 18.2 Å². The number of ether oxygens (including phenoxy) is 1. The van der Waals surface area contributed by atoms with Gasteiger partial charge in [-0.2, -0.15) is 0 Å². The largest absolute Gasteiger partial charge is 0.465 e. The van der Waals surface area contributed by atoms with Crippen LogP contribution in [0.5, 0.6) is 0 Å². The van der Waals surface area contributed by atoms with E-state index in [1.165, 1.54) is 34.9 Å². The Morgan fingerprint density at radius 1 is 0.892 bits per heavy atom. The molecule has 0 bridgehead atoms. The van der Waals surface area contributed by atoms with Gasteiger partial charge < -0.3 is 14.6 Å². The number of rotatable bonds is 8. The Balaban J connectivity index is 1.51. The molecule has 5 heteroatoms. The second kappa shape index (κ2) is 10.9. The van der Waals surface area contributed by atoms with Crippen LogP contribution in [0.25, 0.3) is 10.9 Å². The van der Waals surface area contributed by atoms with Crippen molar-refractivity contribution in [3.05, 3.63) is 136 Å². The first-order valence-corrected chi connectivity index (χ1v) is 12.8. The summed E-state index contributed by atoms with van der Waals surface area (Å²) in [5.41, 5.74) is 7.62. The first-order valence-electron chi connectivity index (χ1n) is 12.4. The van der Waals surface area contributed by atoms with E-state index in [0.29, 0.717) is 5.56 Å². The zero-order valence-electron chi connectivity index (χ0n) is 20.9. The molecule has 0 aliphatic heterocycles. The van der Waals surface area contributed by atoms with Gasteiger partial charge >= 0.3 is 5.97 Å². The lowest BCUT2D eigenvalue weighted by atomic mass is 9.98. The highest BCUT2D eigenvalue weighted by molar-refractivity contribution is 6.31. The smallest absolute Gasteiger partial charge is 0.337 e. The SMILES string of the molecule is COC(=O)c1ccc(NCCc2c(C)n(C(c3ccccc3)c3ccccc3)c3ccc(Cl)cc23)cc1. The van der Waals surface area contributed by atoms with Gasteiger partial charge in [0.2, 0.25) is 0 Å². The van der Waals surface area contributed by atoms with Crippen molar-refractivity contribution in [2.75, 3.05) is 19.0 Å². The molecule has 0 unspecified atom stereocenters. The quantitative estimate of drug-likeness (QED) is 0.218. The van der Waals surface area contributed by atoms with Gasteiger partial charge in [-0.1, -0.05) is 72.3 Å². The first-order chi connectivity index (χ1) is 18.1. The maximum atomic E-state index is 11.7. The number of anilines is 1. The van der Waals surface area contributed by atoms with E-state index in [-0.39, 0.29) is 12.0 Å². The summed E-state index contributed by atoms with van der Waals surface area (Å²) in [5, 5.41) is 5.39. The number of halogens is 1. The van der Waals surface area contributed by atoms with Gasteiger partial charge in [0.1, 0.15) is 0 Å². The number of fused-ring (bicyclic) bond motifs is 1. The zero-order chi connectivity index (χ0) is 25.8. The fourth-order valence-electron chi connectivity index (χ4n) is 5.06. The van der Waals surface area contributed by atoms with Gasteiger partial charge in [0, 0.05) is 33.9 Å². The molecule has 0 amide bonds. The van der Waals surface area contributed by atoms with Gasteiger partial charge in [-0.3, -0.25) is 0 Å². The Kier molecular flexibility index (Phi) is 7.29. The van der Waals surface area contributed by atoms with Crippen LogP contribution >= 0.6 is 11.6 Å². The minimum atomic E-state index is -0.335. The summed E-state index contributed by atoms with van der Waals surface area (Å²) in [4.78, 5) is 11.7. The maximum absolute atomic E-state index is 11.7. The highest BCUT2D eigenvalue weighted by Crippen LogP contribution is 2.37. The predicted octanol–water partition coefficient (Wildman–Crippen LogP) is 7.68. The van der Waals surface area contributed by atoms with Crippen LogP contribution in [0, 0.1) is 6.92 Å². The van der Waals surface area contributed by atoms with E-state index in [2.05, 4.69) is 89.6 Å². The fourth-order valence-corrected chi connectivity index (χ4v) is 5.24. The van der Waals surface area contributed by atoms with Crippen molar-refractivity contribution in [1.29, 1.82) is 0 Å². The third-order valence-electron chi connectivity index (χ3n) is 6.84. The number of esters is 1. The molecule has 0 aliphatic carbocycles. The molecule has 0 saturated carbocycles.